The highest BCUT2D eigenvalue weighted by atomic mass is 35.5. The Morgan fingerprint density at radius 1 is 1.18 bits per heavy atom. The predicted octanol–water partition coefficient (Wildman–Crippen LogP) is 5.69. The number of sulfone groups is 1. The van der Waals surface area contributed by atoms with Gasteiger partial charge in [0.25, 0.3) is 0 Å². The van der Waals surface area contributed by atoms with Gasteiger partial charge >= 0.3 is 0 Å². The van der Waals surface area contributed by atoms with Gasteiger partial charge in [0.05, 0.1) is 20.7 Å². The van der Waals surface area contributed by atoms with Crippen LogP contribution in [0.1, 0.15) is 58.9 Å². The van der Waals surface area contributed by atoms with Crippen LogP contribution in [0, 0.1) is 22.6 Å². The van der Waals surface area contributed by atoms with Gasteiger partial charge in [-0.15, -0.1) is 0 Å². The number of hydrogen-bond acceptors (Lipinski definition) is 5. The third-order valence-corrected chi connectivity index (χ3v) is 12.0. The van der Waals surface area contributed by atoms with Gasteiger partial charge in [-0.2, -0.15) is 0 Å². The van der Waals surface area contributed by atoms with Gasteiger partial charge in [-0.25, -0.2) is 12.8 Å². The second kappa shape index (κ2) is 10.1. The Kier molecular flexibility index (Phi) is 7.35. The number of amides is 1. The van der Waals surface area contributed by atoms with E-state index in [1.165, 1.54) is 12.1 Å². The molecule has 1 aliphatic heterocycles. The van der Waals surface area contributed by atoms with Crippen LogP contribution in [-0.4, -0.2) is 55.5 Å². The molecule has 3 saturated carbocycles. The molecule has 1 heterocycles. The maximum Gasteiger partial charge on any atom is 0.249 e. The summed E-state index contributed by atoms with van der Waals surface area (Å²) >= 11 is 5.90. The fourth-order valence-electron chi connectivity index (χ4n) is 6.99. The number of halogens is 2. The lowest BCUT2D eigenvalue weighted by molar-refractivity contribution is -0.156. The van der Waals surface area contributed by atoms with Crippen LogP contribution < -0.4 is 5.32 Å². The minimum absolute atomic E-state index is 0.00315. The van der Waals surface area contributed by atoms with Crippen molar-refractivity contribution < 1.29 is 17.6 Å². The first-order valence-corrected chi connectivity index (χ1v) is 16.0. The molecule has 0 radical (unpaired) electrons. The Hall–Kier alpha value is -2.45. The molecule has 1 N–H and O–H groups in total. The van der Waals surface area contributed by atoms with Crippen LogP contribution >= 0.6 is 11.6 Å². The molecule has 6 rings (SSSR count). The number of rotatable bonds is 10. The molecule has 2 aromatic carbocycles. The van der Waals surface area contributed by atoms with Crippen molar-refractivity contribution in [3.8, 4) is 0 Å². The average Bonchev–Trinajstić information content (AvgIpc) is 3.18. The van der Waals surface area contributed by atoms with Gasteiger partial charge in [-0.05, 0) is 80.7 Å². The van der Waals surface area contributed by atoms with Crippen molar-refractivity contribution in [1.29, 1.82) is 0 Å². The lowest BCUT2D eigenvalue weighted by atomic mass is 9.33. The first-order valence-electron chi connectivity index (χ1n) is 14.1. The molecule has 216 valence electrons. The first kappa shape index (κ1) is 29.1. The number of aliphatic imine (C=N–C) groups is 1. The number of amidine groups is 1. The number of benzene rings is 2. The summed E-state index contributed by atoms with van der Waals surface area (Å²) in [6.07, 6.45) is 3.20. The molecule has 9 heteroatoms. The monoisotopic (exact) mass is 587 g/mol. The van der Waals surface area contributed by atoms with Gasteiger partial charge in [-0.1, -0.05) is 56.1 Å². The van der Waals surface area contributed by atoms with Crippen LogP contribution in [0.25, 0.3) is 0 Å². The maximum absolute atomic E-state index is 14.3. The van der Waals surface area contributed by atoms with E-state index < -0.39 is 37.9 Å². The highest BCUT2D eigenvalue weighted by molar-refractivity contribution is 7.92. The second-order valence-corrected chi connectivity index (χ2v) is 15.5. The molecule has 6 nitrogen and oxygen atoms in total. The standard InChI is InChI=1S/C31H39ClFN3O3S/c1-6-20(2)16-36(5)27(37)26-29(3,4)35-28(34-26)31-17-30(18-31,19-31)25(15-21-12-13-23(32)24(33)14-21)40(38,39)22-10-8-7-9-11-22/h7-14,20,25-26H,6,15-19H2,1-5H3,(H,34,35)/t20-,25?,26+,30?,31?/m1/s1. The topological polar surface area (TPSA) is 78.8 Å². The van der Waals surface area contributed by atoms with Crippen molar-refractivity contribution in [2.75, 3.05) is 13.6 Å². The number of likely N-dealkylation sites (N-methyl/N-ethyl adjacent to an activating group) is 1. The van der Waals surface area contributed by atoms with Crippen molar-refractivity contribution in [1.82, 2.24) is 10.2 Å². The normalized spacial score (nSPS) is 28.0. The lowest BCUT2D eigenvalue weighted by Gasteiger charge is -2.72. The van der Waals surface area contributed by atoms with E-state index in [0.29, 0.717) is 37.3 Å². The SMILES string of the molecule is CC[C@@H](C)CN(C)C(=O)[C@@H]1N=C(C23CC(C(Cc4ccc(Cl)c(F)c4)S(=O)(=O)c4ccccc4)(C2)C3)NC1(C)C. The summed E-state index contributed by atoms with van der Waals surface area (Å²) in [5, 5.41) is 2.85. The smallest absolute Gasteiger partial charge is 0.249 e. The number of nitrogens with zero attached hydrogens (tertiary/aromatic N) is 2. The van der Waals surface area contributed by atoms with Crippen molar-refractivity contribution >= 4 is 33.2 Å². The molecule has 3 aliphatic carbocycles. The summed E-state index contributed by atoms with van der Waals surface area (Å²) < 4.78 is 42.3. The molecular formula is C31H39ClFN3O3S. The van der Waals surface area contributed by atoms with Gasteiger partial charge in [0.2, 0.25) is 5.91 Å². The Morgan fingerprint density at radius 2 is 1.82 bits per heavy atom. The predicted molar refractivity (Wildman–Crippen MR) is 157 cm³/mol. The lowest BCUT2D eigenvalue weighted by Crippen LogP contribution is -2.73. The number of nitrogens with one attached hydrogen (secondary N) is 1. The minimum Gasteiger partial charge on any atom is -0.366 e. The second-order valence-electron chi connectivity index (χ2n) is 12.9. The van der Waals surface area contributed by atoms with E-state index in [9.17, 15) is 17.6 Å². The molecule has 0 aromatic heterocycles. The van der Waals surface area contributed by atoms with E-state index in [1.54, 1.807) is 41.3 Å². The quantitative estimate of drug-likeness (QED) is 0.387. The molecular weight excluding hydrogens is 549 g/mol. The van der Waals surface area contributed by atoms with Crippen LogP contribution in [0.4, 0.5) is 4.39 Å². The van der Waals surface area contributed by atoms with Gasteiger partial charge in [0.1, 0.15) is 11.7 Å². The van der Waals surface area contributed by atoms with Crippen molar-refractivity contribution in [3.63, 3.8) is 0 Å². The molecule has 3 atom stereocenters. The van der Waals surface area contributed by atoms with Gasteiger partial charge < -0.3 is 10.2 Å². The molecule has 0 spiro atoms. The third kappa shape index (κ3) is 4.85. The molecule has 0 saturated heterocycles. The van der Waals surface area contributed by atoms with E-state index in [-0.39, 0.29) is 27.7 Å². The molecule has 2 aromatic rings. The van der Waals surface area contributed by atoms with Crippen LogP contribution in [0.3, 0.4) is 0 Å². The summed E-state index contributed by atoms with van der Waals surface area (Å²) in [4.78, 5) is 20.4. The van der Waals surface area contributed by atoms with Crippen molar-refractivity contribution in [2.24, 2.45) is 21.7 Å². The molecule has 1 amide bonds. The Morgan fingerprint density at radius 3 is 2.42 bits per heavy atom. The summed E-state index contributed by atoms with van der Waals surface area (Å²) in [6, 6.07) is 12.5. The molecule has 40 heavy (non-hydrogen) atoms. The van der Waals surface area contributed by atoms with E-state index in [0.717, 1.165) is 12.3 Å². The third-order valence-electron chi connectivity index (χ3n) is 9.38. The van der Waals surface area contributed by atoms with Crippen LogP contribution in [-0.2, 0) is 21.1 Å². The number of hydrogen-bond donors (Lipinski definition) is 1. The van der Waals surface area contributed by atoms with E-state index in [2.05, 4.69) is 19.2 Å². The Balaban J connectivity index is 1.40. The van der Waals surface area contributed by atoms with Gasteiger partial charge in [0, 0.05) is 19.0 Å². The average molecular weight is 588 g/mol. The van der Waals surface area contributed by atoms with Crippen LogP contribution in [0.5, 0.6) is 0 Å². The zero-order valence-electron chi connectivity index (χ0n) is 23.9. The fraction of sp³-hybridized carbons (Fsp3) is 0.548. The van der Waals surface area contributed by atoms with Gasteiger partial charge in [0.15, 0.2) is 15.9 Å². The van der Waals surface area contributed by atoms with E-state index in [4.69, 9.17) is 16.6 Å². The zero-order chi connectivity index (χ0) is 29.1. The first-order chi connectivity index (χ1) is 18.7. The Bertz CT molecular complexity index is 1420. The zero-order valence-corrected chi connectivity index (χ0v) is 25.4. The van der Waals surface area contributed by atoms with Crippen LogP contribution in [0.2, 0.25) is 5.02 Å². The minimum atomic E-state index is -3.70. The van der Waals surface area contributed by atoms with Crippen molar-refractivity contribution in [2.45, 2.75) is 81.5 Å². The largest absolute Gasteiger partial charge is 0.366 e. The molecule has 3 fully saturated rings. The van der Waals surface area contributed by atoms with E-state index in [1.807, 2.05) is 20.9 Å². The molecule has 2 bridgehead atoms. The highest BCUT2D eigenvalue weighted by Gasteiger charge is 2.75. The molecule has 4 aliphatic rings. The fourth-order valence-corrected chi connectivity index (χ4v) is 9.30. The van der Waals surface area contributed by atoms with Crippen molar-refractivity contribution in [3.05, 3.63) is 64.9 Å². The number of carbonyl (C=O) groups excluding carboxylic acids is 1. The number of carbonyl (C=O) groups is 1. The summed E-state index contributed by atoms with van der Waals surface area (Å²) in [7, 11) is -1.86. The summed E-state index contributed by atoms with van der Waals surface area (Å²) in [5.74, 6) is 0.682. The molecule has 1 unspecified atom stereocenters. The summed E-state index contributed by atoms with van der Waals surface area (Å²) in [5.41, 5.74) is -0.612. The van der Waals surface area contributed by atoms with Crippen LogP contribution in [0.15, 0.2) is 58.4 Å². The maximum atomic E-state index is 14.3. The Labute approximate surface area is 242 Å². The van der Waals surface area contributed by atoms with E-state index >= 15 is 0 Å². The summed E-state index contributed by atoms with van der Waals surface area (Å²) in [6.45, 7) is 8.94. The highest BCUT2D eigenvalue weighted by Crippen LogP contribution is 2.76. The van der Waals surface area contributed by atoms with Gasteiger partial charge in [-0.3, -0.25) is 9.79 Å².